The Kier molecular flexibility index (Phi) is 8.53. The number of nitrogens with two attached hydrogens (primary N) is 1. The SMILES string of the molecule is NCCOc1cc(-c2cn[nH]c2)ccc1NC(=O)N(CCCO)CC1CCCCC1. The summed E-state index contributed by atoms with van der Waals surface area (Å²) < 4.78 is 5.81. The molecule has 0 spiro atoms. The van der Waals surface area contributed by atoms with E-state index in [9.17, 15) is 9.90 Å². The van der Waals surface area contributed by atoms with Crippen molar-refractivity contribution in [2.75, 3.05) is 38.2 Å². The van der Waals surface area contributed by atoms with Crippen molar-refractivity contribution >= 4 is 11.7 Å². The van der Waals surface area contributed by atoms with E-state index in [0.29, 0.717) is 43.5 Å². The molecule has 8 heteroatoms. The van der Waals surface area contributed by atoms with Gasteiger partial charge in [0.2, 0.25) is 0 Å². The number of ether oxygens (including phenoxy) is 1. The third kappa shape index (κ3) is 6.21. The number of hydrogen-bond acceptors (Lipinski definition) is 5. The van der Waals surface area contributed by atoms with Gasteiger partial charge in [0, 0.05) is 38.0 Å². The number of aliphatic hydroxyl groups is 1. The lowest BCUT2D eigenvalue weighted by molar-refractivity contribution is 0.181. The Morgan fingerprint density at radius 1 is 1.30 bits per heavy atom. The van der Waals surface area contributed by atoms with Crippen LogP contribution in [0.15, 0.2) is 30.6 Å². The number of rotatable bonds is 10. The van der Waals surface area contributed by atoms with E-state index in [4.69, 9.17) is 10.5 Å². The number of aromatic nitrogens is 2. The van der Waals surface area contributed by atoms with Gasteiger partial charge < -0.3 is 25.8 Å². The van der Waals surface area contributed by atoms with E-state index in [2.05, 4.69) is 15.5 Å². The predicted molar refractivity (Wildman–Crippen MR) is 117 cm³/mol. The van der Waals surface area contributed by atoms with Crippen LogP contribution in [-0.2, 0) is 0 Å². The van der Waals surface area contributed by atoms with Crippen LogP contribution in [0.1, 0.15) is 38.5 Å². The largest absolute Gasteiger partial charge is 0.490 e. The first-order valence-electron chi connectivity index (χ1n) is 10.8. The smallest absolute Gasteiger partial charge is 0.321 e. The molecule has 0 bridgehead atoms. The van der Waals surface area contributed by atoms with Gasteiger partial charge in [-0.3, -0.25) is 5.10 Å². The lowest BCUT2D eigenvalue weighted by atomic mass is 9.89. The second-order valence-electron chi connectivity index (χ2n) is 7.79. The summed E-state index contributed by atoms with van der Waals surface area (Å²) in [4.78, 5) is 14.9. The average molecular weight is 416 g/mol. The summed E-state index contributed by atoms with van der Waals surface area (Å²) in [5, 5.41) is 19.1. The Hall–Kier alpha value is -2.58. The fraction of sp³-hybridized carbons (Fsp3) is 0.545. The van der Waals surface area contributed by atoms with Gasteiger partial charge in [-0.25, -0.2) is 4.79 Å². The van der Waals surface area contributed by atoms with Gasteiger partial charge in [0.05, 0.1) is 11.9 Å². The minimum atomic E-state index is -0.164. The minimum Gasteiger partial charge on any atom is -0.490 e. The molecule has 1 fully saturated rings. The van der Waals surface area contributed by atoms with Gasteiger partial charge in [0.25, 0.3) is 0 Å². The number of carbonyl (C=O) groups excluding carboxylic acids is 1. The maximum atomic E-state index is 13.1. The number of urea groups is 1. The van der Waals surface area contributed by atoms with Gasteiger partial charge in [-0.15, -0.1) is 0 Å². The number of anilines is 1. The Labute approximate surface area is 177 Å². The molecule has 3 rings (SSSR count). The molecular formula is C22H33N5O3. The topological polar surface area (TPSA) is 116 Å². The molecule has 2 amide bonds. The van der Waals surface area contributed by atoms with Gasteiger partial charge >= 0.3 is 6.03 Å². The van der Waals surface area contributed by atoms with E-state index >= 15 is 0 Å². The van der Waals surface area contributed by atoms with Crippen LogP contribution in [-0.4, -0.2) is 59.1 Å². The molecule has 0 atom stereocenters. The van der Waals surface area contributed by atoms with E-state index in [-0.39, 0.29) is 12.6 Å². The molecule has 1 aromatic carbocycles. The van der Waals surface area contributed by atoms with E-state index in [0.717, 1.165) is 30.5 Å². The predicted octanol–water partition coefficient (Wildman–Crippen LogP) is 3.21. The molecule has 1 aromatic heterocycles. The summed E-state index contributed by atoms with van der Waals surface area (Å²) in [7, 11) is 0. The zero-order valence-corrected chi connectivity index (χ0v) is 17.5. The van der Waals surface area contributed by atoms with Gasteiger partial charge in [-0.05, 0) is 42.9 Å². The number of aliphatic hydroxyl groups excluding tert-OH is 1. The molecule has 30 heavy (non-hydrogen) atoms. The second-order valence-corrected chi connectivity index (χ2v) is 7.79. The minimum absolute atomic E-state index is 0.0682. The van der Waals surface area contributed by atoms with Crippen LogP contribution >= 0.6 is 0 Å². The van der Waals surface area contributed by atoms with Crippen molar-refractivity contribution in [1.29, 1.82) is 0 Å². The van der Waals surface area contributed by atoms with Gasteiger partial charge in [0.15, 0.2) is 0 Å². The molecule has 5 N–H and O–H groups in total. The molecule has 1 aliphatic carbocycles. The van der Waals surface area contributed by atoms with Crippen LogP contribution in [0.2, 0.25) is 0 Å². The first-order chi connectivity index (χ1) is 14.7. The zero-order chi connectivity index (χ0) is 21.2. The van der Waals surface area contributed by atoms with Crippen LogP contribution in [0.25, 0.3) is 11.1 Å². The maximum Gasteiger partial charge on any atom is 0.321 e. The highest BCUT2D eigenvalue weighted by Gasteiger charge is 2.22. The van der Waals surface area contributed by atoms with Crippen molar-refractivity contribution in [2.24, 2.45) is 11.7 Å². The second kappa shape index (κ2) is 11.6. The highest BCUT2D eigenvalue weighted by Crippen LogP contribution is 2.31. The fourth-order valence-corrected chi connectivity index (χ4v) is 3.92. The molecule has 0 aliphatic heterocycles. The molecule has 164 valence electrons. The molecule has 8 nitrogen and oxygen atoms in total. The van der Waals surface area contributed by atoms with Crippen LogP contribution < -0.4 is 15.8 Å². The van der Waals surface area contributed by atoms with Crippen LogP contribution in [0, 0.1) is 5.92 Å². The third-order valence-corrected chi connectivity index (χ3v) is 5.51. The van der Waals surface area contributed by atoms with Crippen molar-refractivity contribution in [3.05, 3.63) is 30.6 Å². The summed E-state index contributed by atoms with van der Waals surface area (Å²) in [5.41, 5.74) is 8.09. The normalized spacial score (nSPS) is 14.5. The van der Waals surface area contributed by atoms with E-state index in [1.807, 2.05) is 23.1 Å². The van der Waals surface area contributed by atoms with E-state index in [1.165, 1.54) is 19.3 Å². The van der Waals surface area contributed by atoms with E-state index in [1.54, 1.807) is 12.4 Å². The summed E-state index contributed by atoms with van der Waals surface area (Å²) in [6, 6.07) is 5.49. The third-order valence-electron chi connectivity index (χ3n) is 5.51. The number of nitrogens with one attached hydrogen (secondary N) is 2. The van der Waals surface area contributed by atoms with E-state index < -0.39 is 0 Å². The number of benzene rings is 1. The molecule has 0 radical (unpaired) electrons. The number of aromatic amines is 1. The van der Waals surface area contributed by atoms with Crippen LogP contribution in [0.5, 0.6) is 5.75 Å². The number of carbonyl (C=O) groups is 1. The van der Waals surface area contributed by atoms with Crippen LogP contribution in [0.3, 0.4) is 0 Å². The van der Waals surface area contributed by atoms with Crippen molar-refractivity contribution in [2.45, 2.75) is 38.5 Å². The lowest BCUT2D eigenvalue weighted by Gasteiger charge is -2.30. The Balaban J connectivity index is 1.74. The van der Waals surface area contributed by atoms with Gasteiger partial charge in [-0.2, -0.15) is 5.10 Å². The monoisotopic (exact) mass is 415 g/mol. The molecule has 0 saturated heterocycles. The summed E-state index contributed by atoms with van der Waals surface area (Å²) >= 11 is 0. The molecule has 1 aliphatic rings. The number of H-pyrrole nitrogens is 1. The summed E-state index contributed by atoms with van der Waals surface area (Å²) in [6.45, 7) is 2.06. The van der Waals surface area contributed by atoms with Crippen LogP contribution in [0.4, 0.5) is 10.5 Å². The summed E-state index contributed by atoms with van der Waals surface area (Å²) in [6.07, 6.45) is 10.2. The zero-order valence-electron chi connectivity index (χ0n) is 17.5. The average Bonchev–Trinajstić information content (AvgIpc) is 3.31. The van der Waals surface area contributed by atoms with Gasteiger partial charge in [0.1, 0.15) is 12.4 Å². The maximum absolute atomic E-state index is 13.1. The molecule has 1 saturated carbocycles. The quantitative estimate of drug-likeness (QED) is 0.475. The van der Waals surface area contributed by atoms with Crippen molar-refractivity contribution in [3.8, 4) is 16.9 Å². The Bertz CT molecular complexity index is 775. The van der Waals surface area contributed by atoms with Crippen molar-refractivity contribution < 1.29 is 14.6 Å². The highest BCUT2D eigenvalue weighted by molar-refractivity contribution is 5.91. The summed E-state index contributed by atoms with van der Waals surface area (Å²) in [5.74, 6) is 1.10. The molecule has 0 unspecified atom stereocenters. The lowest BCUT2D eigenvalue weighted by Crippen LogP contribution is -2.40. The van der Waals surface area contributed by atoms with Gasteiger partial charge in [-0.1, -0.05) is 25.3 Å². The first kappa shape index (κ1) is 22.1. The molecular weight excluding hydrogens is 382 g/mol. The fourth-order valence-electron chi connectivity index (χ4n) is 3.92. The number of hydrogen-bond donors (Lipinski definition) is 4. The number of amides is 2. The highest BCUT2D eigenvalue weighted by atomic mass is 16.5. The van der Waals surface area contributed by atoms with Crippen molar-refractivity contribution in [3.63, 3.8) is 0 Å². The van der Waals surface area contributed by atoms with Crippen molar-refractivity contribution in [1.82, 2.24) is 15.1 Å². The standard InChI is InChI=1S/C22H33N5O3/c23-9-12-30-21-13-18(19-14-24-25-15-19)7-8-20(21)26-22(29)27(10-4-11-28)16-17-5-2-1-3-6-17/h7-8,13-15,17,28H,1-6,9-12,16,23H2,(H,24,25)(H,26,29). The Morgan fingerprint density at radius 3 is 2.83 bits per heavy atom. The molecule has 2 aromatic rings. The molecule has 1 heterocycles. The Morgan fingerprint density at radius 2 is 2.13 bits per heavy atom. The first-order valence-corrected chi connectivity index (χ1v) is 10.8. The number of nitrogens with zero attached hydrogens (tertiary/aromatic N) is 2.